The van der Waals surface area contributed by atoms with Gasteiger partial charge in [-0.3, -0.25) is 4.79 Å². The molecule has 0 aliphatic heterocycles. The van der Waals surface area contributed by atoms with Crippen molar-refractivity contribution < 1.29 is 27.9 Å². The Bertz CT molecular complexity index is 1330. The first-order valence-corrected chi connectivity index (χ1v) is 11.7. The van der Waals surface area contributed by atoms with Gasteiger partial charge in [-0.1, -0.05) is 23.7 Å². The third-order valence-corrected chi connectivity index (χ3v) is 5.76. The van der Waals surface area contributed by atoms with E-state index in [0.717, 1.165) is 34.7 Å². The molecule has 1 aromatic heterocycles. The maximum absolute atomic E-state index is 12.3. The number of likely N-dealkylation sites (N-methyl/N-ethyl adjacent to an activating group) is 1. The fraction of sp³-hybridized carbons (Fsp3) is 0.308. The monoisotopic (exact) mass is 549 g/mol. The second-order valence-electron chi connectivity index (χ2n) is 8.57. The Morgan fingerprint density at radius 1 is 1.16 bits per heavy atom. The van der Waals surface area contributed by atoms with Gasteiger partial charge in [-0.25, -0.2) is 9.48 Å². The van der Waals surface area contributed by atoms with Crippen LogP contribution in [-0.4, -0.2) is 65.0 Å². The number of carboxylic acid groups (broad SMARTS) is 1. The van der Waals surface area contributed by atoms with Gasteiger partial charge in [0, 0.05) is 36.3 Å². The minimum atomic E-state index is -5.08. The van der Waals surface area contributed by atoms with Crippen molar-refractivity contribution in [1.29, 1.82) is 5.26 Å². The van der Waals surface area contributed by atoms with Crippen molar-refractivity contribution in [2.75, 3.05) is 27.2 Å². The van der Waals surface area contributed by atoms with Gasteiger partial charge < -0.3 is 15.3 Å². The molecule has 0 radical (unpaired) electrons. The second kappa shape index (κ2) is 13.1. The fourth-order valence-electron chi connectivity index (χ4n) is 3.38. The number of alkyl halides is 3. The number of hydrogen-bond donors (Lipinski definition) is 2. The molecule has 12 heteroatoms. The number of nitrogens with zero attached hydrogens (tertiary/aromatic N) is 4. The molecule has 38 heavy (non-hydrogen) atoms. The largest absolute Gasteiger partial charge is 0.490 e. The van der Waals surface area contributed by atoms with E-state index in [1.165, 1.54) is 0 Å². The van der Waals surface area contributed by atoms with Crippen molar-refractivity contribution in [1.82, 2.24) is 20.0 Å². The number of hydrogen-bond acceptors (Lipinski definition) is 5. The SMILES string of the molecule is Cc1nn(-c2ccc(C#N)c(Cl)c2)c(C)c1Cc1ccc(C(=O)NCCN(C)C)cc1.O=C(O)C(F)(F)F. The first-order chi connectivity index (χ1) is 17.7. The van der Waals surface area contributed by atoms with Crippen LogP contribution in [0.4, 0.5) is 13.2 Å². The van der Waals surface area contributed by atoms with E-state index in [-0.39, 0.29) is 5.91 Å². The molecule has 8 nitrogen and oxygen atoms in total. The minimum Gasteiger partial charge on any atom is -0.475 e. The van der Waals surface area contributed by atoms with E-state index in [1.54, 1.807) is 12.1 Å². The van der Waals surface area contributed by atoms with Crippen LogP contribution in [0, 0.1) is 25.2 Å². The molecular weight excluding hydrogens is 523 g/mol. The Morgan fingerprint density at radius 3 is 2.26 bits per heavy atom. The number of aliphatic carboxylic acids is 1. The standard InChI is InChI=1S/C24H26ClN5O.C2HF3O2/c1-16-22(17(2)30(28-16)21-10-9-20(15-26)23(25)14-21)13-18-5-7-19(8-6-18)24(31)27-11-12-29(3)4;3-2(4,5)1(6)7/h5-10,14H,11-13H2,1-4H3,(H,27,31);(H,6,7). The van der Waals surface area contributed by atoms with Crippen LogP contribution >= 0.6 is 11.6 Å². The summed E-state index contributed by atoms with van der Waals surface area (Å²) < 4.78 is 33.6. The highest BCUT2D eigenvalue weighted by Gasteiger charge is 2.38. The number of carbonyl (C=O) groups excluding carboxylic acids is 1. The molecule has 0 spiro atoms. The molecule has 0 aliphatic rings. The van der Waals surface area contributed by atoms with Crippen molar-refractivity contribution in [3.8, 4) is 11.8 Å². The summed E-state index contributed by atoms with van der Waals surface area (Å²) in [7, 11) is 3.95. The zero-order chi connectivity index (χ0) is 28.6. The third-order valence-electron chi connectivity index (χ3n) is 5.44. The van der Waals surface area contributed by atoms with Crippen LogP contribution < -0.4 is 5.32 Å². The van der Waals surface area contributed by atoms with E-state index in [1.807, 2.05) is 67.9 Å². The van der Waals surface area contributed by atoms with Gasteiger partial charge in [-0.15, -0.1) is 0 Å². The summed E-state index contributed by atoms with van der Waals surface area (Å²) in [6.07, 6.45) is -4.37. The molecule has 2 aromatic carbocycles. The van der Waals surface area contributed by atoms with E-state index in [2.05, 4.69) is 16.5 Å². The Kier molecular flexibility index (Phi) is 10.4. The Hall–Kier alpha value is -3.88. The van der Waals surface area contributed by atoms with Crippen LogP contribution in [-0.2, 0) is 11.2 Å². The molecule has 0 saturated carbocycles. The van der Waals surface area contributed by atoms with Crippen LogP contribution in [0.5, 0.6) is 0 Å². The first kappa shape index (κ1) is 30.3. The zero-order valence-electron chi connectivity index (χ0n) is 21.2. The topological polar surface area (TPSA) is 111 Å². The third kappa shape index (κ3) is 8.33. The number of nitriles is 1. The van der Waals surface area contributed by atoms with Crippen LogP contribution in [0.15, 0.2) is 42.5 Å². The summed E-state index contributed by atoms with van der Waals surface area (Å²) in [5.41, 5.74) is 6.10. The number of carboxylic acids is 1. The van der Waals surface area contributed by atoms with Crippen molar-refractivity contribution >= 4 is 23.5 Å². The first-order valence-electron chi connectivity index (χ1n) is 11.3. The van der Waals surface area contributed by atoms with Crippen LogP contribution in [0.25, 0.3) is 5.69 Å². The van der Waals surface area contributed by atoms with E-state index in [9.17, 15) is 18.0 Å². The average Bonchev–Trinajstić information content (AvgIpc) is 3.12. The molecule has 0 atom stereocenters. The lowest BCUT2D eigenvalue weighted by Crippen LogP contribution is -2.31. The Labute approximate surface area is 223 Å². The van der Waals surface area contributed by atoms with Gasteiger partial charge in [0.15, 0.2) is 0 Å². The van der Waals surface area contributed by atoms with E-state index < -0.39 is 12.1 Å². The van der Waals surface area contributed by atoms with E-state index in [0.29, 0.717) is 29.1 Å². The molecule has 1 amide bonds. The molecule has 0 unspecified atom stereocenters. The number of benzene rings is 2. The molecule has 0 fully saturated rings. The van der Waals surface area contributed by atoms with Gasteiger partial charge in [0.2, 0.25) is 0 Å². The summed E-state index contributed by atoms with van der Waals surface area (Å²) in [6, 6.07) is 15.1. The summed E-state index contributed by atoms with van der Waals surface area (Å²) in [6.45, 7) is 5.42. The maximum Gasteiger partial charge on any atom is 0.490 e. The highest BCUT2D eigenvalue weighted by atomic mass is 35.5. The maximum atomic E-state index is 12.3. The van der Waals surface area contributed by atoms with Gasteiger partial charge in [-0.05, 0) is 63.8 Å². The number of rotatable bonds is 7. The number of halogens is 4. The molecule has 2 N–H and O–H groups in total. The summed E-state index contributed by atoms with van der Waals surface area (Å²) in [4.78, 5) is 23.2. The lowest BCUT2D eigenvalue weighted by molar-refractivity contribution is -0.192. The summed E-state index contributed by atoms with van der Waals surface area (Å²) in [5.74, 6) is -2.82. The average molecular weight is 550 g/mol. The van der Waals surface area contributed by atoms with Gasteiger partial charge in [-0.2, -0.15) is 23.5 Å². The zero-order valence-corrected chi connectivity index (χ0v) is 22.0. The molecule has 3 rings (SSSR count). The molecule has 202 valence electrons. The van der Waals surface area contributed by atoms with Crippen LogP contribution in [0.1, 0.15) is 38.4 Å². The molecule has 3 aromatic rings. The smallest absolute Gasteiger partial charge is 0.475 e. The van der Waals surface area contributed by atoms with Crippen LogP contribution in [0.3, 0.4) is 0 Å². The highest BCUT2D eigenvalue weighted by molar-refractivity contribution is 6.31. The van der Waals surface area contributed by atoms with Crippen molar-refractivity contribution in [3.63, 3.8) is 0 Å². The predicted octanol–water partition coefficient (Wildman–Crippen LogP) is 4.53. The van der Waals surface area contributed by atoms with E-state index in [4.69, 9.17) is 26.8 Å². The number of amides is 1. The lowest BCUT2D eigenvalue weighted by atomic mass is 10.0. The van der Waals surface area contributed by atoms with Gasteiger partial charge in [0.1, 0.15) is 6.07 Å². The van der Waals surface area contributed by atoms with Gasteiger partial charge in [0.05, 0.1) is 22.0 Å². The number of aryl methyl sites for hydroxylation is 1. The summed E-state index contributed by atoms with van der Waals surface area (Å²) >= 11 is 6.20. The second-order valence-corrected chi connectivity index (χ2v) is 8.98. The summed E-state index contributed by atoms with van der Waals surface area (Å²) in [5, 5.41) is 24.2. The number of carbonyl (C=O) groups is 2. The number of aromatic nitrogens is 2. The van der Waals surface area contributed by atoms with Gasteiger partial charge in [0.25, 0.3) is 5.91 Å². The van der Waals surface area contributed by atoms with E-state index >= 15 is 0 Å². The van der Waals surface area contributed by atoms with Crippen molar-refractivity contribution in [2.45, 2.75) is 26.4 Å². The van der Waals surface area contributed by atoms with Crippen molar-refractivity contribution in [2.24, 2.45) is 0 Å². The van der Waals surface area contributed by atoms with Crippen molar-refractivity contribution in [3.05, 3.63) is 81.1 Å². The predicted molar refractivity (Wildman–Crippen MR) is 137 cm³/mol. The lowest BCUT2D eigenvalue weighted by Gasteiger charge is -2.11. The molecule has 0 aliphatic carbocycles. The van der Waals surface area contributed by atoms with Gasteiger partial charge >= 0.3 is 12.1 Å². The Balaban J connectivity index is 0.000000638. The molecular formula is C26H27ClF3N5O3. The Morgan fingerprint density at radius 2 is 1.76 bits per heavy atom. The quantitative estimate of drug-likeness (QED) is 0.448. The molecule has 0 saturated heterocycles. The number of nitrogens with one attached hydrogen (secondary N) is 1. The molecule has 0 bridgehead atoms. The normalized spacial score (nSPS) is 10.9. The fourth-order valence-corrected chi connectivity index (χ4v) is 3.60. The minimum absolute atomic E-state index is 0.0636. The van der Waals surface area contributed by atoms with Crippen LogP contribution in [0.2, 0.25) is 5.02 Å². The highest BCUT2D eigenvalue weighted by Crippen LogP contribution is 2.24. The molecule has 1 heterocycles.